The van der Waals surface area contributed by atoms with Crippen molar-refractivity contribution in [1.82, 2.24) is 19.1 Å². The van der Waals surface area contributed by atoms with Crippen LogP contribution in [0, 0.1) is 0 Å². The first-order valence-corrected chi connectivity index (χ1v) is 26.1. The van der Waals surface area contributed by atoms with Crippen LogP contribution in [-0.4, -0.2) is 41.3 Å². The SMILES string of the molecule is O=C(O)c1ccccc1-c1ccc2c3ccc(-c4ccccc4C(=O)O)cc3c3nc4c(-c5ccc6c7ccccc7n(-c7ccccc7)c6c5)sc(-c5ccc6c7ccccc7n(-c7ccccc7)c6c5)c4nc3c2c1. The molecule has 11 aromatic carbocycles. The molecule has 15 aromatic rings. The van der Waals surface area contributed by atoms with Crippen molar-refractivity contribution in [3.05, 3.63) is 242 Å². The van der Waals surface area contributed by atoms with Crippen molar-refractivity contribution in [2.24, 2.45) is 0 Å². The Morgan fingerprint density at radius 2 is 0.688 bits per heavy atom. The number of thiophene rings is 1. The van der Waals surface area contributed by atoms with E-state index in [1.54, 1.807) is 35.6 Å². The van der Waals surface area contributed by atoms with E-state index in [0.717, 1.165) is 120 Å². The summed E-state index contributed by atoms with van der Waals surface area (Å²) in [6.07, 6.45) is 0. The molecule has 0 bridgehead atoms. The summed E-state index contributed by atoms with van der Waals surface area (Å²) >= 11 is 1.67. The number of aromatic nitrogens is 4. The standard InChI is InChI=1S/C68H40N4O4S/c73-67(74)53-23-9-7-19-45(53)39-27-31-47-48-32-28-40(46-20-8-10-24-54(46)68(75)76)36-56(48)62-61(55(47)35-39)69-63-64(70-62)66(42-30-34-52-50-22-12-14-26-58(50)72(60(52)38-42)44-17-5-2-6-18-44)77-65(63)41-29-33-51-49-21-11-13-25-57(49)71(59(51)37-41)43-15-3-1-4-16-43/h1-38H,(H,73,74)(H,75,76). The number of rotatable bonds is 8. The number of carboxylic acid groups (broad SMARTS) is 2. The third kappa shape index (κ3) is 6.84. The van der Waals surface area contributed by atoms with Crippen LogP contribution in [0.2, 0.25) is 0 Å². The maximum Gasteiger partial charge on any atom is 0.336 e. The zero-order chi connectivity index (χ0) is 51.5. The fourth-order valence-electron chi connectivity index (χ4n) is 11.8. The molecule has 362 valence electrons. The second-order valence-electron chi connectivity index (χ2n) is 19.4. The predicted octanol–water partition coefficient (Wildman–Crippen LogP) is 17.4. The normalized spacial score (nSPS) is 11.8. The van der Waals surface area contributed by atoms with Crippen LogP contribution >= 0.6 is 11.3 Å². The van der Waals surface area contributed by atoms with Gasteiger partial charge in [0.2, 0.25) is 0 Å². The Balaban J connectivity index is 1.07. The highest BCUT2D eigenvalue weighted by Gasteiger charge is 2.25. The second kappa shape index (κ2) is 17.2. The number of carboxylic acids is 2. The molecular formula is C68H40N4O4S. The minimum Gasteiger partial charge on any atom is -0.478 e. The fraction of sp³-hybridized carbons (Fsp3) is 0. The predicted molar refractivity (Wildman–Crippen MR) is 314 cm³/mol. The Labute approximate surface area is 443 Å². The van der Waals surface area contributed by atoms with Crippen LogP contribution in [0.3, 0.4) is 0 Å². The summed E-state index contributed by atoms with van der Waals surface area (Å²) in [5, 5.41) is 28.8. The summed E-state index contributed by atoms with van der Waals surface area (Å²) in [7, 11) is 0. The van der Waals surface area contributed by atoms with Gasteiger partial charge in [0.05, 0.1) is 54.0 Å². The summed E-state index contributed by atoms with van der Waals surface area (Å²) in [6, 6.07) is 77.6. The molecule has 15 rings (SSSR count). The van der Waals surface area contributed by atoms with Crippen LogP contribution in [-0.2, 0) is 0 Å². The van der Waals surface area contributed by atoms with Crippen LogP contribution in [0.15, 0.2) is 231 Å². The van der Waals surface area contributed by atoms with Crippen LogP contribution in [0.1, 0.15) is 20.7 Å². The van der Waals surface area contributed by atoms with Crippen molar-refractivity contribution < 1.29 is 19.8 Å². The average Bonchev–Trinajstić information content (AvgIpc) is 4.16. The van der Waals surface area contributed by atoms with Crippen LogP contribution in [0.5, 0.6) is 0 Å². The van der Waals surface area contributed by atoms with Crippen molar-refractivity contribution in [3.8, 4) is 54.5 Å². The first-order valence-electron chi connectivity index (χ1n) is 25.3. The molecule has 0 aliphatic carbocycles. The van der Waals surface area contributed by atoms with Crippen LogP contribution in [0.4, 0.5) is 0 Å². The maximum atomic E-state index is 12.7. The second-order valence-corrected chi connectivity index (χ2v) is 20.5. The van der Waals surface area contributed by atoms with Gasteiger partial charge in [0.1, 0.15) is 11.0 Å². The van der Waals surface area contributed by atoms with E-state index in [1.807, 2.05) is 72.8 Å². The Bertz CT molecular complexity index is 4690. The van der Waals surface area contributed by atoms with E-state index in [0.29, 0.717) is 22.2 Å². The Hall–Kier alpha value is -10.2. The van der Waals surface area contributed by atoms with Crippen LogP contribution in [0.25, 0.3) is 142 Å². The molecule has 2 N–H and O–H groups in total. The highest BCUT2D eigenvalue weighted by Crippen LogP contribution is 2.48. The van der Waals surface area contributed by atoms with E-state index in [4.69, 9.17) is 9.97 Å². The quantitative estimate of drug-likeness (QED) is 0.147. The summed E-state index contributed by atoms with van der Waals surface area (Å²) < 4.78 is 4.66. The zero-order valence-corrected chi connectivity index (χ0v) is 41.7. The first kappa shape index (κ1) is 44.3. The maximum absolute atomic E-state index is 12.7. The molecule has 0 saturated carbocycles. The lowest BCUT2D eigenvalue weighted by atomic mass is 9.91. The van der Waals surface area contributed by atoms with Gasteiger partial charge in [-0.25, -0.2) is 19.6 Å². The molecule has 4 heterocycles. The summed E-state index contributed by atoms with van der Waals surface area (Å²) in [6.45, 7) is 0. The van der Waals surface area contributed by atoms with E-state index in [9.17, 15) is 19.8 Å². The number of hydrogen-bond acceptors (Lipinski definition) is 5. The molecule has 0 spiro atoms. The third-order valence-corrected chi connectivity index (χ3v) is 16.5. The zero-order valence-electron chi connectivity index (χ0n) is 40.8. The van der Waals surface area contributed by atoms with Gasteiger partial charge in [-0.2, -0.15) is 0 Å². The van der Waals surface area contributed by atoms with Gasteiger partial charge in [-0.1, -0.05) is 158 Å². The lowest BCUT2D eigenvalue weighted by molar-refractivity contribution is 0.0687. The molecule has 4 aromatic heterocycles. The molecule has 9 heteroatoms. The van der Waals surface area contributed by atoms with E-state index < -0.39 is 11.9 Å². The minimum absolute atomic E-state index is 0.198. The number of fused-ring (bicyclic) bond motifs is 13. The largest absolute Gasteiger partial charge is 0.478 e. The molecule has 0 atom stereocenters. The molecule has 0 unspecified atom stereocenters. The van der Waals surface area contributed by atoms with E-state index in [2.05, 4.69) is 143 Å². The number of aromatic carboxylic acids is 2. The van der Waals surface area contributed by atoms with Crippen molar-refractivity contribution in [2.45, 2.75) is 0 Å². The van der Waals surface area contributed by atoms with Gasteiger partial charge in [-0.3, -0.25) is 0 Å². The highest BCUT2D eigenvalue weighted by atomic mass is 32.1. The van der Waals surface area contributed by atoms with Crippen molar-refractivity contribution >= 4 is 110 Å². The van der Waals surface area contributed by atoms with Gasteiger partial charge in [0.15, 0.2) is 0 Å². The molecule has 0 fully saturated rings. The van der Waals surface area contributed by atoms with Gasteiger partial charge in [-0.05, 0) is 117 Å². The number of benzene rings is 11. The molecule has 0 amide bonds. The monoisotopic (exact) mass is 1010 g/mol. The van der Waals surface area contributed by atoms with Gasteiger partial charge in [0, 0.05) is 43.7 Å². The average molecular weight is 1010 g/mol. The van der Waals surface area contributed by atoms with Crippen molar-refractivity contribution in [2.75, 3.05) is 0 Å². The molecule has 77 heavy (non-hydrogen) atoms. The van der Waals surface area contributed by atoms with Gasteiger partial charge < -0.3 is 19.3 Å². The topological polar surface area (TPSA) is 110 Å². The first-order chi connectivity index (χ1) is 37.9. The van der Waals surface area contributed by atoms with Crippen molar-refractivity contribution in [1.29, 1.82) is 0 Å². The molecule has 0 aliphatic heterocycles. The van der Waals surface area contributed by atoms with Crippen molar-refractivity contribution in [3.63, 3.8) is 0 Å². The highest BCUT2D eigenvalue weighted by molar-refractivity contribution is 7.21. The Kier molecular flexibility index (Phi) is 9.88. The molecule has 0 aliphatic rings. The number of para-hydroxylation sites is 4. The van der Waals surface area contributed by atoms with Gasteiger partial charge in [0.25, 0.3) is 0 Å². The summed E-state index contributed by atoms with van der Waals surface area (Å²) in [5.74, 6) is -2.03. The number of hydrogen-bond donors (Lipinski definition) is 2. The third-order valence-electron chi connectivity index (χ3n) is 15.2. The van der Waals surface area contributed by atoms with Gasteiger partial charge >= 0.3 is 11.9 Å². The van der Waals surface area contributed by atoms with E-state index >= 15 is 0 Å². The number of carbonyl (C=O) groups is 2. The van der Waals surface area contributed by atoms with E-state index in [-0.39, 0.29) is 11.1 Å². The minimum atomic E-state index is -1.01. The molecule has 0 saturated heterocycles. The van der Waals surface area contributed by atoms with Crippen LogP contribution < -0.4 is 0 Å². The lowest BCUT2D eigenvalue weighted by Gasteiger charge is -2.14. The lowest BCUT2D eigenvalue weighted by Crippen LogP contribution is -1.99. The Morgan fingerprint density at radius 1 is 0.325 bits per heavy atom. The Morgan fingerprint density at radius 3 is 1.13 bits per heavy atom. The fourth-order valence-corrected chi connectivity index (χ4v) is 13.0. The molecule has 8 nitrogen and oxygen atoms in total. The van der Waals surface area contributed by atoms with Gasteiger partial charge in [-0.15, -0.1) is 11.3 Å². The summed E-state index contributed by atoms with van der Waals surface area (Å²) in [5.41, 5.74) is 14.2. The molecule has 0 radical (unpaired) electrons. The summed E-state index contributed by atoms with van der Waals surface area (Å²) in [4.78, 5) is 38.9. The number of nitrogens with zero attached hydrogens (tertiary/aromatic N) is 4. The van der Waals surface area contributed by atoms with E-state index in [1.165, 1.54) is 0 Å². The molecular weight excluding hydrogens is 969 g/mol. The smallest absolute Gasteiger partial charge is 0.336 e.